The Morgan fingerprint density at radius 2 is 1.86 bits per heavy atom. The first kappa shape index (κ1) is 20.8. The van der Waals surface area contributed by atoms with E-state index in [1.54, 1.807) is 6.92 Å². The molecule has 7 heteroatoms. The van der Waals surface area contributed by atoms with Gasteiger partial charge in [-0.25, -0.2) is 4.79 Å². The average molecular weight is 407 g/mol. The number of aryl methyl sites for hydroxylation is 1. The molecule has 0 unspecified atom stereocenters. The van der Waals surface area contributed by atoms with E-state index >= 15 is 0 Å². The van der Waals surface area contributed by atoms with Crippen molar-refractivity contribution in [2.45, 2.75) is 72.4 Å². The summed E-state index contributed by atoms with van der Waals surface area (Å²) >= 11 is 1.33. The summed E-state index contributed by atoms with van der Waals surface area (Å²) in [5.74, 6) is 0.964. The van der Waals surface area contributed by atoms with Gasteiger partial charge in [0.1, 0.15) is 5.00 Å². The summed E-state index contributed by atoms with van der Waals surface area (Å²) in [6.07, 6.45) is 4.18. The zero-order chi connectivity index (χ0) is 20.6. The number of rotatable bonds is 6. The quantitative estimate of drug-likeness (QED) is 0.704. The zero-order valence-electron chi connectivity index (χ0n) is 17.3. The van der Waals surface area contributed by atoms with Crippen LogP contribution in [-0.2, 0) is 14.3 Å². The van der Waals surface area contributed by atoms with E-state index in [0.29, 0.717) is 16.5 Å². The molecule has 2 fully saturated rings. The number of ether oxygens (including phenoxy) is 1. The minimum atomic E-state index is -0.890. The fourth-order valence-corrected chi connectivity index (χ4v) is 5.84. The maximum atomic E-state index is 12.7. The smallest absolute Gasteiger partial charge is 0.342 e. The third kappa shape index (κ3) is 4.24. The van der Waals surface area contributed by atoms with E-state index in [1.807, 2.05) is 13.8 Å². The molecule has 0 saturated heterocycles. The topological polar surface area (TPSA) is 84.5 Å². The summed E-state index contributed by atoms with van der Waals surface area (Å²) in [5, 5.41) is 6.20. The van der Waals surface area contributed by atoms with E-state index in [-0.39, 0.29) is 17.9 Å². The van der Waals surface area contributed by atoms with Crippen LogP contribution in [0.2, 0.25) is 0 Å². The number of thiophene rings is 1. The molecule has 1 aromatic rings. The Morgan fingerprint density at radius 1 is 1.14 bits per heavy atom. The van der Waals surface area contributed by atoms with Crippen LogP contribution in [-0.4, -0.2) is 29.9 Å². The lowest BCUT2D eigenvalue weighted by Gasteiger charge is -2.29. The second-order valence-corrected chi connectivity index (χ2v) is 9.58. The molecule has 2 saturated carbocycles. The van der Waals surface area contributed by atoms with Gasteiger partial charge in [0.2, 0.25) is 5.91 Å². The van der Waals surface area contributed by atoms with Crippen molar-refractivity contribution >= 4 is 34.1 Å². The maximum absolute atomic E-state index is 12.7. The fraction of sp³-hybridized carbons (Fsp3) is 0.667. The molecule has 1 aromatic heterocycles. The molecule has 2 aliphatic carbocycles. The van der Waals surface area contributed by atoms with Crippen molar-refractivity contribution in [3.63, 3.8) is 0 Å². The Morgan fingerprint density at radius 3 is 2.43 bits per heavy atom. The minimum absolute atomic E-state index is 0.0871. The highest BCUT2D eigenvalue weighted by molar-refractivity contribution is 7.16. The number of carbonyl (C=O) groups is 3. The summed E-state index contributed by atoms with van der Waals surface area (Å²) in [6.45, 7) is 8.74. The zero-order valence-corrected chi connectivity index (χ0v) is 18.1. The second kappa shape index (κ2) is 8.23. The van der Waals surface area contributed by atoms with E-state index in [1.165, 1.54) is 43.9 Å². The summed E-state index contributed by atoms with van der Waals surface area (Å²) in [4.78, 5) is 37.6. The molecule has 2 bridgehead atoms. The first-order valence-corrected chi connectivity index (χ1v) is 10.9. The number of carbonyl (C=O) groups excluding carboxylic acids is 3. The van der Waals surface area contributed by atoms with Gasteiger partial charge in [0, 0.05) is 17.8 Å². The molecule has 0 aromatic carbocycles. The lowest BCUT2D eigenvalue weighted by molar-refractivity contribution is -0.130. The number of hydrogen-bond acceptors (Lipinski definition) is 5. The number of nitrogens with one attached hydrogen (secondary N) is 2. The van der Waals surface area contributed by atoms with Gasteiger partial charge in [-0.2, -0.15) is 0 Å². The highest BCUT2D eigenvalue weighted by atomic mass is 32.1. The van der Waals surface area contributed by atoms with Crippen LogP contribution in [0.1, 0.15) is 67.3 Å². The third-order valence-electron chi connectivity index (χ3n) is 6.34. The Bertz CT molecular complexity index is 788. The van der Waals surface area contributed by atoms with Gasteiger partial charge in [-0.1, -0.05) is 6.42 Å². The van der Waals surface area contributed by atoms with Crippen molar-refractivity contribution in [1.29, 1.82) is 0 Å². The van der Waals surface area contributed by atoms with Gasteiger partial charge < -0.3 is 15.4 Å². The molecular formula is C21H30N2O4S. The number of amides is 2. The van der Waals surface area contributed by atoms with Gasteiger partial charge in [-0.3, -0.25) is 9.59 Å². The van der Waals surface area contributed by atoms with Crippen LogP contribution in [0.5, 0.6) is 0 Å². The number of fused-ring (bicyclic) bond motifs is 2. The van der Waals surface area contributed by atoms with Crippen molar-refractivity contribution < 1.29 is 19.1 Å². The summed E-state index contributed by atoms with van der Waals surface area (Å²) in [6, 6.07) is 0.0871. The molecule has 2 amide bonds. The van der Waals surface area contributed by atoms with Crippen molar-refractivity contribution in [3.05, 3.63) is 16.0 Å². The summed E-state index contributed by atoms with van der Waals surface area (Å²) < 4.78 is 5.44. The highest BCUT2D eigenvalue weighted by Crippen LogP contribution is 2.49. The predicted molar refractivity (Wildman–Crippen MR) is 110 cm³/mol. The molecule has 2 N–H and O–H groups in total. The minimum Gasteiger partial charge on any atom is -0.449 e. The van der Waals surface area contributed by atoms with Gasteiger partial charge in [-0.05, 0) is 70.3 Å². The van der Waals surface area contributed by atoms with Crippen molar-refractivity contribution in [1.82, 2.24) is 5.32 Å². The molecule has 1 heterocycles. The molecule has 28 heavy (non-hydrogen) atoms. The molecule has 3 rings (SSSR count). The van der Waals surface area contributed by atoms with Gasteiger partial charge in [0.15, 0.2) is 6.10 Å². The highest BCUT2D eigenvalue weighted by Gasteiger charge is 2.42. The average Bonchev–Trinajstić information content (AvgIpc) is 3.30. The molecule has 0 spiro atoms. The van der Waals surface area contributed by atoms with Gasteiger partial charge in [-0.15, -0.1) is 11.3 Å². The molecule has 154 valence electrons. The third-order valence-corrected chi connectivity index (χ3v) is 7.46. The van der Waals surface area contributed by atoms with E-state index in [2.05, 4.69) is 17.6 Å². The number of esters is 1. The van der Waals surface area contributed by atoms with Crippen LogP contribution in [0.4, 0.5) is 5.00 Å². The Balaban J connectivity index is 1.61. The largest absolute Gasteiger partial charge is 0.449 e. The standard InChI is InChI=1S/C21H30N2O4S/c1-10-13(4)28-20(23-14(5)24)18(10)21(26)27-12(3)19(25)22-11(2)17-9-15-6-7-16(17)8-15/h11-12,15-17H,6-9H2,1-5H3,(H,22,25)(H,23,24)/t11-,12+,15-,16-,17-/m0/s1. The van der Waals surface area contributed by atoms with Crippen LogP contribution < -0.4 is 10.6 Å². The fourth-order valence-electron chi connectivity index (χ4n) is 4.75. The van der Waals surface area contributed by atoms with E-state index in [0.717, 1.165) is 22.3 Å². The Labute approximate surface area is 170 Å². The Hall–Kier alpha value is -1.89. The molecule has 0 aliphatic heterocycles. The van der Waals surface area contributed by atoms with E-state index < -0.39 is 12.1 Å². The normalized spacial score (nSPS) is 25.2. The van der Waals surface area contributed by atoms with Crippen molar-refractivity contribution in [2.75, 3.05) is 5.32 Å². The Kier molecular flexibility index (Phi) is 6.12. The number of hydrogen-bond donors (Lipinski definition) is 2. The molecule has 0 radical (unpaired) electrons. The molecular weight excluding hydrogens is 376 g/mol. The predicted octanol–water partition coefficient (Wildman–Crippen LogP) is 3.81. The second-order valence-electron chi connectivity index (χ2n) is 8.35. The molecule has 2 aliphatic rings. The first-order chi connectivity index (χ1) is 13.2. The lowest BCUT2D eigenvalue weighted by Crippen LogP contribution is -2.45. The maximum Gasteiger partial charge on any atom is 0.342 e. The van der Waals surface area contributed by atoms with Crippen LogP contribution in [0.3, 0.4) is 0 Å². The number of anilines is 1. The molecule has 6 nitrogen and oxygen atoms in total. The van der Waals surface area contributed by atoms with Crippen LogP contribution >= 0.6 is 11.3 Å². The van der Waals surface area contributed by atoms with Crippen LogP contribution in [0.25, 0.3) is 0 Å². The lowest BCUT2D eigenvalue weighted by atomic mass is 9.84. The summed E-state index contributed by atoms with van der Waals surface area (Å²) in [5.41, 5.74) is 1.10. The monoisotopic (exact) mass is 406 g/mol. The van der Waals surface area contributed by atoms with Gasteiger partial charge in [0.25, 0.3) is 5.91 Å². The van der Waals surface area contributed by atoms with E-state index in [4.69, 9.17) is 4.74 Å². The van der Waals surface area contributed by atoms with Crippen molar-refractivity contribution in [3.8, 4) is 0 Å². The van der Waals surface area contributed by atoms with Gasteiger partial charge in [0.05, 0.1) is 5.56 Å². The van der Waals surface area contributed by atoms with Crippen molar-refractivity contribution in [2.24, 2.45) is 17.8 Å². The first-order valence-electron chi connectivity index (χ1n) is 10.1. The SMILES string of the molecule is CC(=O)Nc1sc(C)c(C)c1C(=O)O[C@H](C)C(=O)N[C@@H](C)[C@@H]1C[C@H]2CC[C@H]1C2. The molecule has 5 atom stereocenters. The van der Waals surface area contributed by atoms with E-state index in [9.17, 15) is 14.4 Å². The summed E-state index contributed by atoms with van der Waals surface area (Å²) in [7, 11) is 0. The van der Waals surface area contributed by atoms with Crippen LogP contribution in [0, 0.1) is 31.6 Å². The van der Waals surface area contributed by atoms with Crippen LogP contribution in [0.15, 0.2) is 0 Å². The van der Waals surface area contributed by atoms with Gasteiger partial charge >= 0.3 is 5.97 Å².